The number of aliphatic hydroxyl groups excluding tert-OH is 1. The van der Waals surface area contributed by atoms with Gasteiger partial charge in [-0.3, -0.25) is 14.9 Å². The Morgan fingerprint density at radius 1 is 1.58 bits per heavy atom. The van der Waals surface area contributed by atoms with Crippen LogP contribution >= 0.6 is 0 Å². The highest BCUT2D eigenvalue weighted by molar-refractivity contribution is 5.99. The molecule has 19 heavy (non-hydrogen) atoms. The number of hydrogen-bond donors (Lipinski definition) is 2. The van der Waals surface area contributed by atoms with E-state index < -0.39 is 4.92 Å². The third kappa shape index (κ3) is 2.50. The van der Waals surface area contributed by atoms with Gasteiger partial charge in [-0.15, -0.1) is 0 Å². The molecule has 2 N–H and O–H groups in total. The maximum Gasteiger partial charge on any atom is 0.271 e. The first-order valence-electron chi connectivity index (χ1n) is 5.94. The molecule has 1 amide bonds. The van der Waals surface area contributed by atoms with E-state index in [1.165, 1.54) is 17.0 Å². The fraction of sp³-hybridized carbons (Fsp3) is 0.417. The van der Waals surface area contributed by atoms with Crippen molar-refractivity contribution >= 4 is 23.0 Å². The molecule has 102 valence electrons. The minimum Gasteiger partial charge on any atom is -0.396 e. The Balaban J connectivity index is 2.39. The van der Waals surface area contributed by atoms with E-state index in [1.807, 2.05) is 0 Å². The van der Waals surface area contributed by atoms with Crippen molar-refractivity contribution in [3.63, 3.8) is 0 Å². The Hall–Kier alpha value is -2.15. The van der Waals surface area contributed by atoms with Crippen molar-refractivity contribution in [1.82, 2.24) is 0 Å². The molecule has 0 aliphatic carbocycles. The van der Waals surface area contributed by atoms with Crippen molar-refractivity contribution in [2.24, 2.45) is 5.92 Å². The Labute approximate surface area is 110 Å². The number of non-ortho nitro benzene ring substituents is 1. The van der Waals surface area contributed by atoms with E-state index in [4.69, 9.17) is 5.11 Å². The molecule has 1 saturated heterocycles. The summed E-state index contributed by atoms with van der Waals surface area (Å²) < 4.78 is 0. The molecule has 0 saturated carbocycles. The van der Waals surface area contributed by atoms with E-state index in [-0.39, 0.29) is 30.5 Å². The number of nitro groups is 1. The number of benzene rings is 1. The first kappa shape index (κ1) is 13.3. The number of hydrogen-bond acceptors (Lipinski definition) is 5. The molecule has 1 fully saturated rings. The SMILES string of the molecule is CNc1ccc([N+](=O)[O-])cc1N1CC(CO)CC1=O. The van der Waals surface area contributed by atoms with Gasteiger partial charge in [0.15, 0.2) is 0 Å². The van der Waals surface area contributed by atoms with Gasteiger partial charge in [0.05, 0.1) is 16.3 Å². The smallest absolute Gasteiger partial charge is 0.271 e. The predicted molar refractivity (Wildman–Crippen MR) is 70.2 cm³/mol. The van der Waals surface area contributed by atoms with E-state index in [2.05, 4.69) is 5.32 Å². The molecule has 0 aromatic heterocycles. The molecule has 1 aromatic carbocycles. The summed E-state index contributed by atoms with van der Waals surface area (Å²) in [5.41, 5.74) is 1.07. The van der Waals surface area contributed by atoms with Crippen molar-refractivity contribution in [2.45, 2.75) is 6.42 Å². The summed E-state index contributed by atoms with van der Waals surface area (Å²) in [6.07, 6.45) is 0.266. The number of nitrogens with zero attached hydrogens (tertiary/aromatic N) is 2. The summed E-state index contributed by atoms with van der Waals surface area (Å²) in [7, 11) is 1.69. The molecule has 0 spiro atoms. The molecule has 7 heteroatoms. The number of nitro benzene ring substituents is 1. The first-order chi connectivity index (χ1) is 9.06. The van der Waals surface area contributed by atoms with Crippen LogP contribution in [0.3, 0.4) is 0 Å². The molecular formula is C12H15N3O4. The van der Waals surface area contributed by atoms with Crippen LogP contribution in [0.2, 0.25) is 0 Å². The third-order valence-electron chi connectivity index (χ3n) is 3.22. The highest BCUT2D eigenvalue weighted by Gasteiger charge is 2.32. The Kier molecular flexibility index (Phi) is 3.66. The number of anilines is 2. The average Bonchev–Trinajstić information content (AvgIpc) is 2.79. The lowest BCUT2D eigenvalue weighted by Crippen LogP contribution is -2.25. The van der Waals surface area contributed by atoms with Crippen molar-refractivity contribution in [2.75, 3.05) is 30.4 Å². The number of carbonyl (C=O) groups excluding carboxylic acids is 1. The molecule has 1 unspecified atom stereocenters. The molecule has 7 nitrogen and oxygen atoms in total. The normalized spacial score (nSPS) is 18.7. The summed E-state index contributed by atoms with van der Waals surface area (Å²) >= 11 is 0. The molecular weight excluding hydrogens is 250 g/mol. The van der Waals surface area contributed by atoms with Gasteiger partial charge in [0, 0.05) is 44.7 Å². The zero-order valence-electron chi connectivity index (χ0n) is 10.5. The van der Waals surface area contributed by atoms with Gasteiger partial charge < -0.3 is 15.3 Å². The second-order valence-electron chi connectivity index (χ2n) is 4.47. The number of rotatable bonds is 4. The van der Waals surface area contributed by atoms with E-state index in [1.54, 1.807) is 13.1 Å². The van der Waals surface area contributed by atoms with Gasteiger partial charge >= 0.3 is 0 Å². The van der Waals surface area contributed by atoms with Crippen LogP contribution < -0.4 is 10.2 Å². The first-order valence-corrected chi connectivity index (χ1v) is 5.94. The number of carbonyl (C=O) groups is 1. The Morgan fingerprint density at radius 3 is 2.84 bits per heavy atom. The number of aliphatic hydroxyl groups is 1. The monoisotopic (exact) mass is 265 g/mol. The lowest BCUT2D eigenvalue weighted by molar-refractivity contribution is -0.384. The Bertz CT molecular complexity index is 518. The van der Waals surface area contributed by atoms with Gasteiger partial charge in [0.2, 0.25) is 5.91 Å². The number of amides is 1. The lowest BCUT2D eigenvalue weighted by atomic mass is 10.1. The summed E-state index contributed by atoms with van der Waals surface area (Å²) in [5, 5.41) is 22.8. The van der Waals surface area contributed by atoms with Crippen LogP contribution in [0.25, 0.3) is 0 Å². The summed E-state index contributed by atoms with van der Waals surface area (Å²) in [4.78, 5) is 23.7. The van der Waals surface area contributed by atoms with Gasteiger partial charge in [-0.2, -0.15) is 0 Å². The fourth-order valence-electron chi connectivity index (χ4n) is 2.21. The quantitative estimate of drug-likeness (QED) is 0.625. The molecule has 1 aliphatic rings. The van der Waals surface area contributed by atoms with Crippen LogP contribution in [0.15, 0.2) is 18.2 Å². The van der Waals surface area contributed by atoms with E-state index in [9.17, 15) is 14.9 Å². The highest BCUT2D eigenvalue weighted by atomic mass is 16.6. The topological polar surface area (TPSA) is 95.7 Å². The van der Waals surface area contributed by atoms with Crippen LogP contribution in [0.1, 0.15) is 6.42 Å². The highest BCUT2D eigenvalue weighted by Crippen LogP contribution is 2.34. The van der Waals surface area contributed by atoms with E-state index >= 15 is 0 Å². The maximum atomic E-state index is 11.9. The molecule has 1 aromatic rings. The van der Waals surface area contributed by atoms with Crippen LogP contribution in [0, 0.1) is 16.0 Å². The summed E-state index contributed by atoms with van der Waals surface area (Å²) in [6.45, 7) is 0.317. The molecule has 1 heterocycles. The molecule has 0 radical (unpaired) electrons. The second-order valence-corrected chi connectivity index (χ2v) is 4.47. The minimum atomic E-state index is -0.493. The molecule has 1 aliphatic heterocycles. The zero-order chi connectivity index (χ0) is 14.0. The van der Waals surface area contributed by atoms with Crippen LogP contribution in [0.5, 0.6) is 0 Å². The largest absolute Gasteiger partial charge is 0.396 e. The lowest BCUT2D eigenvalue weighted by Gasteiger charge is -2.19. The van der Waals surface area contributed by atoms with Gasteiger partial charge in [-0.1, -0.05) is 0 Å². The molecule has 1 atom stereocenters. The average molecular weight is 265 g/mol. The van der Waals surface area contributed by atoms with E-state index in [0.717, 1.165) is 0 Å². The predicted octanol–water partition coefficient (Wildman–Crippen LogP) is 0.982. The van der Waals surface area contributed by atoms with Crippen molar-refractivity contribution < 1.29 is 14.8 Å². The van der Waals surface area contributed by atoms with Gasteiger partial charge in [-0.25, -0.2) is 0 Å². The fourth-order valence-corrected chi connectivity index (χ4v) is 2.21. The van der Waals surface area contributed by atoms with Crippen molar-refractivity contribution in [3.8, 4) is 0 Å². The maximum absolute atomic E-state index is 11.9. The van der Waals surface area contributed by atoms with Gasteiger partial charge in [0.25, 0.3) is 5.69 Å². The summed E-state index contributed by atoms with van der Waals surface area (Å²) in [5.74, 6) is -0.243. The Morgan fingerprint density at radius 2 is 2.32 bits per heavy atom. The van der Waals surface area contributed by atoms with E-state index in [0.29, 0.717) is 17.9 Å². The van der Waals surface area contributed by atoms with Crippen LogP contribution in [-0.2, 0) is 4.79 Å². The van der Waals surface area contributed by atoms with Crippen molar-refractivity contribution in [1.29, 1.82) is 0 Å². The van der Waals surface area contributed by atoms with Crippen LogP contribution in [0.4, 0.5) is 17.1 Å². The minimum absolute atomic E-state index is 0.0609. The zero-order valence-corrected chi connectivity index (χ0v) is 10.5. The standard InChI is InChI=1S/C12H15N3O4/c1-13-10-3-2-9(15(18)19)5-11(10)14-6-8(7-16)4-12(14)17/h2-3,5,8,13,16H,4,6-7H2,1H3. The van der Waals surface area contributed by atoms with Gasteiger partial charge in [0.1, 0.15) is 0 Å². The second kappa shape index (κ2) is 5.23. The third-order valence-corrected chi connectivity index (χ3v) is 3.22. The van der Waals surface area contributed by atoms with Crippen molar-refractivity contribution in [3.05, 3.63) is 28.3 Å². The van der Waals surface area contributed by atoms with Crippen LogP contribution in [-0.4, -0.2) is 36.1 Å². The molecule has 0 bridgehead atoms. The summed E-state index contributed by atoms with van der Waals surface area (Å²) in [6, 6.07) is 4.34. The number of nitrogens with one attached hydrogen (secondary N) is 1. The molecule has 2 rings (SSSR count). The van der Waals surface area contributed by atoms with Gasteiger partial charge in [-0.05, 0) is 6.07 Å².